The van der Waals surface area contributed by atoms with Crippen molar-refractivity contribution in [2.45, 2.75) is 277 Å². The lowest BCUT2D eigenvalue weighted by atomic mass is 10.0. The van der Waals surface area contributed by atoms with Crippen LogP contribution in [0.2, 0.25) is 0 Å². The van der Waals surface area contributed by atoms with Crippen LogP contribution in [0.4, 0.5) is 0 Å². The molecule has 0 aromatic rings. The van der Waals surface area contributed by atoms with Gasteiger partial charge in [0.25, 0.3) is 0 Å². The molecule has 4 heteroatoms. The van der Waals surface area contributed by atoms with Gasteiger partial charge in [-0.2, -0.15) is 0 Å². The van der Waals surface area contributed by atoms with Gasteiger partial charge in [-0.3, -0.25) is 9.59 Å². The number of hydrogen-bond donors (Lipinski definition) is 1. The standard InChI is InChI=1S/C49H92O4/c1-3-5-7-9-11-13-15-17-19-20-21-22-23-25-27-29-31-33-38-42-46-49(52)53-47(44-40-36-34-37-41-45-48(50)51)43-39-35-32-30-28-26-24-18-16-14-12-10-8-6-4-2/h16,18,26,28,47H,3-15,17,19-25,27,29-46H2,1-2H3,(H,50,51)/b18-16-,28-26-. The van der Waals surface area contributed by atoms with Gasteiger partial charge in [-0.15, -0.1) is 0 Å². The second-order valence-electron chi connectivity index (χ2n) is 16.3. The molecule has 0 bridgehead atoms. The van der Waals surface area contributed by atoms with Crippen LogP contribution in [0.1, 0.15) is 271 Å². The first-order valence-electron chi connectivity index (χ1n) is 23.8. The summed E-state index contributed by atoms with van der Waals surface area (Å²) in [5, 5.41) is 8.85. The molecule has 0 fully saturated rings. The summed E-state index contributed by atoms with van der Waals surface area (Å²) in [7, 11) is 0. The zero-order valence-electron chi connectivity index (χ0n) is 35.8. The van der Waals surface area contributed by atoms with Gasteiger partial charge in [-0.1, -0.05) is 212 Å². The normalized spacial score (nSPS) is 12.3. The molecule has 0 spiro atoms. The Hall–Kier alpha value is -1.58. The molecule has 53 heavy (non-hydrogen) atoms. The summed E-state index contributed by atoms with van der Waals surface area (Å²) in [5.74, 6) is -0.705. The molecule has 312 valence electrons. The third-order valence-corrected chi connectivity index (χ3v) is 10.9. The summed E-state index contributed by atoms with van der Waals surface area (Å²) in [6.07, 6.45) is 57.9. The van der Waals surface area contributed by atoms with E-state index in [1.165, 1.54) is 167 Å². The highest BCUT2D eigenvalue weighted by Gasteiger charge is 2.14. The number of carboxylic acids is 1. The first kappa shape index (κ1) is 51.4. The van der Waals surface area contributed by atoms with E-state index in [9.17, 15) is 9.59 Å². The summed E-state index contributed by atoms with van der Waals surface area (Å²) in [6.45, 7) is 4.56. The predicted octanol–water partition coefficient (Wildman–Crippen LogP) is 16.7. The maximum Gasteiger partial charge on any atom is 0.306 e. The fourth-order valence-electron chi connectivity index (χ4n) is 7.39. The molecule has 0 aromatic heterocycles. The molecule has 1 N–H and O–H groups in total. The molecule has 0 amide bonds. The Labute approximate surface area is 331 Å². The van der Waals surface area contributed by atoms with Crippen LogP contribution in [0.15, 0.2) is 24.3 Å². The molecular weight excluding hydrogens is 653 g/mol. The van der Waals surface area contributed by atoms with Crippen LogP contribution < -0.4 is 0 Å². The topological polar surface area (TPSA) is 63.6 Å². The summed E-state index contributed by atoms with van der Waals surface area (Å²) < 4.78 is 6.03. The molecule has 0 rings (SSSR count). The van der Waals surface area contributed by atoms with E-state index in [4.69, 9.17) is 9.84 Å². The number of hydrogen-bond acceptors (Lipinski definition) is 3. The van der Waals surface area contributed by atoms with Crippen molar-refractivity contribution in [3.8, 4) is 0 Å². The lowest BCUT2D eigenvalue weighted by Crippen LogP contribution is -2.18. The van der Waals surface area contributed by atoms with Crippen LogP contribution in [0.5, 0.6) is 0 Å². The molecule has 0 aromatic carbocycles. The van der Waals surface area contributed by atoms with Crippen molar-refractivity contribution in [1.82, 2.24) is 0 Å². The van der Waals surface area contributed by atoms with Crippen LogP contribution in [0, 0.1) is 0 Å². The van der Waals surface area contributed by atoms with Crippen LogP contribution in [-0.2, 0) is 14.3 Å². The number of carbonyl (C=O) groups is 2. The zero-order chi connectivity index (χ0) is 38.6. The van der Waals surface area contributed by atoms with E-state index in [1.807, 2.05) is 0 Å². The third-order valence-electron chi connectivity index (χ3n) is 10.9. The van der Waals surface area contributed by atoms with E-state index in [2.05, 4.69) is 38.2 Å². The second kappa shape index (κ2) is 44.8. The molecule has 0 aliphatic heterocycles. The van der Waals surface area contributed by atoms with E-state index >= 15 is 0 Å². The van der Waals surface area contributed by atoms with Gasteiger partial charge in [-0.05, 0) is 70.6 Å². The minimum Gasteiger partial charge on any atom is -0.481 e. The Morgan fingerprint density at radius 3 is 1.13 bits per heavy atom. The highest BCUT2D eigenvalue weighted by Crippen LogP contribution is 2.19. The Bertz CT molecular complexity index is 802. The quantitative estimate of drug-likeness (QED) is 0.0383. The molecular formula is C49H92O4. The number of carboxylic acid groups (broad SMARTS) is 1. The molecule has 1 atom stereocenters. The monoisotopic (exact) mass is 745 g/mol. The third kappa shape index (κ3) is 44.7. The van der Waals surface area contributed by atoms with Gasteiger partial charge >= 0.3 is 11.9 Å². The number of esters is 1. The average molecular weight is 745 g/mol. The maximum absolute atomic E-state index is 12.8. The first-order valence-corrected chi connectivity index (χ1v) is 23.8. The Morgan fingerprint density at radius 2 is 0.736 bits per heavy atom. The van der Waals surface area contributed by atoms with E-state index in [1.54, 1.807) is 0 Å². The molecule has 0 aliphatic carbocycles. The van der Waals surface area contributed by atoms with Crippen molar-refractivity contribution in [3.05, 3.63) is 24.3 Å². The van der Waals surface area contributed by atoms with Crippen LogP contribution in [0.3, 0.4) is 0 Å². The number of unbranched alkanes of at least 4 members (excludes halogenated alkanes) is 31. The predicted molar refractivity (Wildman–Crippen MR) is 232 cm³/mol. The molecule has 0 aliphatic rings. The van der Waals surface area contributed by atoms with Gasteiger partial charge in [0.05, 0.1) is 0 Å². The smallest absolute Gasteiger partial charge is 0.306 e. The summed E-state index contributed by atoms with van der Waals surface area (Å²) in [5.41, 5.74) is 0. The van der Waals surface area contributed by atoms with Gasteiger partial charge in [0, 0.05) is 12.8 Å². The van der Waals surface area contributed by atoms with Gasteiger partial charge in [0.15, 0.2) is 0 Å². The minimum atomic E-state index is -0.701. The lowest BCUT2D eigenvalue weighted by Gasteiger charge is -2.18. The van der Waals surface area contributed by atoms with Crippen molar-refractivity contribution in [2.24, 2.45) is 0 Å². The van der Waals surface area contributed by atoms with E-state index in [-0.39, 0.29) is 18.5 Å². The van der Waals surface area contributed by atoms with Crippen LogP contribution in [-0.4, -0.2) is 23.1 Å². The van der Waals surface area contributed by atoms with Crippen molar-refractivity contribution < 1.29 is 19.4 Å². The van der Waals surface area contributed by atoms with Crippen molar-refractivity contribution in [3.63, 3.8) is 0 Å². The molecule has 0 saturated carbocycles. The second-order valence-corrected chi connectivity index (χ2v) is 16.3. The first-order chi connectivity index (χ1) is 26.1. The van der Waals surface area contributed by atoms with Gasteiger partial charge in [0.2, 0.25) is 0 Å². The average Bonchev–Trinajstić information content (AvgIpc) is 3.14. The van der Waals surface area contributed by atoms with Crippen molar-refractivity contribution in [1.29, 1.82) is 0 Å². The summed E-state index contributed by atoms with van der Waals surface area (Å²) in [6, 6.07) is 0. The highest BCUT2D eigenvalue weighted by atomic mass is 16.5. The van der Waals surface area contributed by atoms with Gasteiger partial charge in [0.1, 0.15) is 6.10 Å². The fraction of sp³-hybridized carbons (Fsp3) is 0.878. The zero-order valence-corrected chi connectivity index (χ0v) is 35.8. The molecule has 1 unspecified atom stereocenters. The summed E-state index contributed by atoms with van der Waals surface area (Å²) in [4.78, 5) is 23.5. The van der Waals surface area contributed by atoms with E-state index < -0.39 is 5.97 Å². The fourth-order valence-corrected chi connectivity index (χ4v) is 7.39. The highest BCUT2D eigenvalue weighted by molar-refractivity contribution is 5.69. The minimum absolute atomic E-state index is 0.00388. The molecule has 0 radical (unpaired) electrons. The van der Waals surface area contributed by atoms with Crippen LogP contribution in [0.25, 0.3) is 0 Å². The Balaban J connectivity index is 3.96. The SMILES string of the molecule is CCCCCCC/C=C\C/C=C\CCCCCC(CCCCCCCC(=O)O)OC(=O)CCCCCCCCCCCCCCCCCCCCCC. The maximum atomic E-state index is 12.8. The number of ether oxygens (including phenoxy) is 1. The number of carbonyl (C=O) groups excluding carboxylic acids is 1. The van der Waals surface area contributed by atoms with Gasteiger partial charge in [-0.25, -0.2) is 0 Å². The van der Waals surface area contributed by atoms with E-state index in [0.717, 1.165) is 77.0 Å². The number of allylic oxidation sites excluding steroid dienone is 4. The summed E-state index contributed by atoms with van der Waals surface area (Å²) >= 11 is 0. The Kier molecular flexibility index (Phi) is 43.5. The number of aliphatic carboxylic acids is 1. The molecule has 0 saturated heterocycles. The Morgan fingerprint density at radius 1 is 0.415 bits per heavy atom. The number of rotatable bonds is 44. The molecule has 4 nitrogen and oxygen atoms in total. The molecule has 0 heterocycles. The van der Waals surface area contributed by atoms with Crippen molar-refractivity contribution in [2.75, 3.05) is 0 Å². The van der Waals surface area contributed by atoms with Gasteiger partial charge < -0.3 is 9.84 Å². The lowest BCUT2D eigenvalue weighted by molar-refractivity contribution is -0.150. The largest absolute Gasteiger partial charge is 0.481 e. The van der Waals surface area contributed by atoms with Crippen LogP contribution >= 0.6 is 0 Å². The van der Waals surface area contributed by atoms with Crippen molar-refractivity contribution >= 4 is 11.9 Å². The van der Waals surface area contributed by atoms with E-state index in [0.29, 0.717) is 6.42 Å².